The maximum absolute atomic E-state index is 11.1. The Balaban J connectivity index is 2.66. The van der Waals surface area contributed by atoms with Gasteiger partial charge in [-0.3, -0.25) is 4.98 Å². The van der Waals surface area contributed by atoms with E-state index in [2.05, 4.69) is 25.8 Å². The van der Waals surface area contributed by atoms with Crippen LogP contribution in [-0.2, 0) is 5.41 Å². The van der Waals surface area contributed by atoms with Crippen molar-refractivity contribution in [2.75, 3.05) is 0 Å². The smallest absolute Gasteiger partial charge is 0.337 e. The fourth-order valence-corrected chi connectivity index (χ4v) is 2.73. The van der Waals surface area contributed by atoms with Crippen LogP contribution in [0.3, 0.4) is 0 Å². The molecule has 1 atom stereocenters. The van der Waals surface area contributed by atoms with Crippen molar-refractivity contribution in [2.24, 2.45) is 0 Å². The highest BCUT2D eigenvalue weighted by atomic mass is 16.4. The second kappa shape index (κ2) is 3.30. The third kappa shape index (κ3) is 1.51. The predicted molar refractivity (Wildman–Crippen MR) is 62.0 cm³/mol. The summed E-state index contributed by atoms with van der Waals surface area (Å²) in [6.07, 6.45) is 1.04. The van der Waals surface area contributed by atoms with E-state index >= 15 is 0 Å². The molecule has 86 valence electrons. The van der Waals surface area contributed by atoms with Crippen LogP contribution in [0.1, 0.15) is 60.4 Å². The highest BCUT2D eigenvalue weighted by molar-refractivity contribution is 5.89. The molecule has 2 rings (SSSR count). The fourth-order valence-electron chi connectivity index (χ4n) is 2.73. The minimum absolute atomic E-state index is 0.0413. The zero-order valence-corrected chi connectivity index (χ0v) is 10.2. The standard InChI is InChI=1S/C13H17NO2/c1-7-6-13(3,4)10-5-9(12(15)16)8(2)14-11(7)10/h5,7H,6H2,1-4H3,(H,15,16). The maximum Gasteiger partial charge on any atom is 0.337 e. The topological polar surface area (TPSA) is 50.2 Å². The van der Waals surface area contributed by atoms with Gasteiger partial charge in [-0.2, -0.15) is 0 Å². The third-order valence-corrected chi connectivity index (χ3v) is 3.49. The first kappa shape index (κ1) is 11.1. The van der Waals surface area contributed by atoms with Crippen molar-refractivity contribution in [3.05, 3.63) is 28.6 Å². The monoisotopic (exact) mass is 219 g/mol. The summed E-state index contributed by atoms with van der Waals surface area (Å²) in [6, 6.07) is 1.81. The SMILES string of the molecule is Cc1nc2c(cc1C(=O)O)C(C)(C)CC2C. The summed E-state index contributed by atoms with van der Waals surface area (Å²) in [5.74, 6) is -0.463. The van der Waals surface area contributed by atoms with Crippen LogP contribution in [0.15, 0.2) is 6.07 Å². The van der Waals surface area contributed by atoms with Gasteiger partial charge in [0, 0.05) is 5.69 Å². The minimum Gasteiger partial charge on any atom is -0.478 e. The van der Waals surface area contributed by atoms with Crippen LogP contribution in [0.25, 0.3) is 0 Å². The van der Waals surface area contributed by atoms with E-state index in [0.717, 1.165) is 17.7 Å². The Kier molecular flexibility index (Phi) is 2.30. The number of aromatic nitrogens is 1. The quantitative estimate of drug-likeness (QED) is 0.790. The molecule has 16 heavy (non-hydrogen) atoms. The molecule has 3 heteroatoms. The van der Waals surface area contributed by atoms with Crippen molar-refractivity contribution in [3.63, 3.8) is 0 Å². The number of hydrogen-bond acceptors (Lipinski definition) is 2. The van der Waals surface area contributed by atoms with Gasteiger partial charge in [0.1, 0.15) is 0 Å². The Morgan fingerprint density at radius 1 is 1.56 bits per heavy atom. The summed E-state index contributed by atoms with van der Waals surface area (Å²) >= 11 is 0. The van der Waals surface area contributed by atoms with Gasteiger partial charge in [-0.1, -0.05) is 20.8 Å². The molecule has 0 radical (unpaired) electrons. The average Bonchev–Trinajstić information content (AvgIpc) is 2.35. The molecule has 0 fully saturated rings. The Morgan fingerprint density at radius 3 is 2.75 bits per heavy atom. The molecule has 1 aliphatic rings. The lowest BCUT2D eigenvalue weighted by atomic mass is 9.86. The van der Waals surface area contributed by atoms with Crippen LogP contribution in [0.2, 0.25) is 0 Å². The molecular weight excluding hydrogens is 202 g/mol. The van der Waals surface area contributed by atoms with Gasteiger partial charge < -0.3 is 5.11 Å². The molecule has 1 N–H and O–H groups in total. The number of hydrogen-bond donors (Lipinski definition) is 1. The minimum atomic E-state index is -0.886. The fraction of sp³-hybridized carbons (Fsp3) is 0.538. The highest BCUT2D eigenvalue weighted by Crippen LogP contribution is 2.45. The summed E-state index contributed by atoms with van der Waals surface area (Å²) in [7, 11) is 0. The molecule has 0 saturated carbocycles. The van der Waals surface area contributed by atoms with Crippen molar-refractivity contribution in [1.29, 1.82) is 0 Å². The molecule has 0 bridgehead atoms. The lowest BCUT2D eigenvalue weighted by Crippen LogP contribution is -2.14. The highest BCUT2D eigenvalue weighted by Gasteiger charge is 2.36. The van der Waals surface area contributed by atoms with E-state index in [9.17, 15) is 4.79 Å². The number of rotatable bonds is 1. The predicted octanol–water partition coefficient (Wildman–Crippen LogP) is 2.87. The van der Waals surface area contributed by atoms with Gasteiger partial charge in [0.2, 0.25) is 0 Å². The molecule has 0 aliphatic heterocycles. The molecule has 0 saturated heterocycles. The number of carboxylic acid groups (broad SMARTS) is 1. The van der Waals surface area contributed by atoms with Gasteiger partial charge in [0.05, 0.1) is 11.3 Å². The number of aryl methyl sites for hydroxylation is 1. The average molecular weight is 219 g/mol. The second-order valence-electron chi connectivity index (χ2n) is 5.35. The molecule has 1 aromatic rings. The van der Waals surface area contributed by atoms with Crippen LogP contribution in [0.5, 0.6) is 0 Å². The molecular formula is C13H17NO2. The molecule has 1 unspecified atom stereocenters. The van der Waals surface area contributed by atoms with Gasteiger partial charge >= 0.3 is 5.97 Å². The van der Waals surface area contributed by atoms with Crippen LogP contribution < -0.4 is 0 Å². The van der Waals surface area contributed by atoms with Crippen molar-refractivity contribution in [3.8, 4) is 0 Å². The lowest BCUT2D eigenvalue weighted by molar-refractivity contribution is 0.0695. The van der Waals surface area contributed by atoms with Crippen LogP contribution in [0.4, 0.5) is 0 Å². The first-order valence-corrected chi connectivity index (χ1v) is 5.58. The van der Waals surface area contributed by atoms with E-state index in [4.69, 9.17) is 5.11 Å². The van der Waals surface area contributed by atoms with Gasteiger partial charge in [0.25, 0.3) is 0 Å². The number of pyridine rings is 1. The van der Waals surface area contributed by atoms with Gasteiger partial charge in [-0.15, -0.1) is 0 Å². The number of fused-ring (bicyclic) bond motifs is 1. The van der Waals surface area contributed by atoms with Crippen molar-refractivity contribution < 1.29 is 9.90 Å². The van der Waals surface area contributed by atoms with E-state index in [1.54, 1.807) is 6.92 Å². The molecule has 0 aromatic carbocycles. The summed E-state index contributed by atoms with van der Waals surface area (Å²) in [5, 5.41) is 9.09. The van der Waals surface area contributed by atoms with Gasteiger partial charge in [0.15, 0.2) is 0 Å². The number of nitrogens with zero attached hydrogens (tertiary/aromatic N) is 1. The van der Waals surface area contributed by atoms with E-state index in [-0.39, 0.29) is 5.41 Å². The van der Waals surface area contributed by atoms with Crippen molar-refractivity contribution in [1.82, 2.24) is 4.98 Å². The van der Waals surface area contributed by atoms with Gasteiger partial charge in [-0.05, 0) is 36.3 Å². The normalized spacial score (nSPS) is 21.9. The van der Waals surface area contributed by atoms with E-state index in [1.165, 1.54) is 0 Å². The van der Waals surface area contributed by atoms with Crippen molar-refractivity contribution in [2.45, 2.75) is 45.4 Å². The summed E-state index contributed by atoms with van der Waals surface area (Å²) in [5.41, 5.74) is 3.17. The number of carboxylic acids is 1. The summed E-state index contributed by atoms with van der Waals surface area (Å²) < 4.78 is 0. The maximum atomic E-state index is 11.1. The molecule has 0 spiro atoms. The van der Waals surface area contributed by atoms with Gasteiger partial charge in [-0.25, -0.2) is 4.79 Å². The zero-order chi connectivity index (χ0) is 12.1. The Hall–Kier alpha value is -1.38. The van der Waals surface area contributed by atoms with Crippen LogP contribution in [-0.4, -0.2) is 16.1 Å². The Bertz CT molecular complexity index is 463. The molecule has 0 amide bonds. The first-order valence-electron chi connectivity index (χ1n) is 5.58. The van der Waals surface area contributed by atoms with E-state index in [0.29, 0.717) is 17.2 Å². The lowest BCUT2D eigenvalue weighted by Gasteiger charge is -2.19. The number of aromatic carboxylic acids is 1. The largest absolute Gasteiger partial charge is 0.478 e. The molecule has 1 aliphatic carbocycles. The van der Waals surface area contributed by atoms with Crippen LogP contribution >= 0.6 is 0 Å². The van der Waals surface area contributed by atoms with E-state index in [1.807, 2.05) is 6.07 Å². The Morgan fingerprint density at radius 2 is 2.19 bits per heavy atom. The van der Waals surface area contributed by atoms with Crippen LogP contribution in [0, 0.1) is 6.92 Å². The number of carbonyl (C=O) groups is 1. The third-order valence-electron chi connectivity index (χ3n) is 3.49. The first-order chi connectivity index (χ1) is 7.33. The van der Waals surface area contributed by atoms with Crippen molar-refractivity contribution >= 4 is 5.97 Å². The molecule has 1 heterocycles. The zero-order valence-electron chi connectivity index (χ0n) is 10.2. The summed E-state index contributed by atoms with van der Waals surface area (Å²) in [6.45, 7) is 8.22. The molecule has 1 aromatic heterocycles. The Labute approximate surface area is 95.5 Å². The summed E-state index contributed by atoms with van der Waals surface area (Å²) in [4.78, 5) is 15.5. The molecule has 3 nitrogen and oxygen atoms in total. The van der Waals surface area contributed by atoms with E-state index < -0.39 is 5.97 Å². The second-order valence-corrected chi connectivity index (χ2v) is 5.35.